The van der Waals surface area contributed by atoms with Crippen molar-refractivity contribution in [3.8, 4) is 0 Å². The minimum Gasteiger partial charge on any atom is -0.412 e. The third-order valence-corrected chi connectivity index (χ3v) is 6.40. The Hall–Kier alpha value is -0.153. The van der Waals surface area contributed by atoms with Crippen LogP contribution in [-0.4, -0.2) is 20.9 Å². The lowest BCUT2D eigenvalue weighted by atomic mass is 9.87. The first-order chi connectivity index (χ1) is 8.59. The van der Waals surface area contributed by atoms with Crippen molar-refractivity contribution in [1.29, 1.82) is 0 Å². The summed E-state index contributed by atoms with van der Waals surface area (Å²) < 4.78 is 6.45. The molecule has 1 radical (unpaired) electrons. The molecule has 2 nitrogen and oxygen atoms in total. The lowest BCUT2D eigenvalue weighted by Gasteiger charge is -2.34. The van der Waals surface area contributed by atoms with Gasteiger partial charge in [0.2, 0.25) is 9.04 Å². The second-order valence-corrected chi connectivity index (χ2v) is 10.2. The van der Waals surface area contributed by atoms with Crippen LogP contribution in [0.4, 0.5) is 0 Å². The van der Waals surface area contributed by atoms with Crippen LogP contribution in [0.5, 0.6) is 0 Å². The van der Waals surface area contributed by atoms with E-state index in [0.717, 1.165) is 0 Å². The van der Waals surface area contributed by atoms with Crippen LogP contribution in [-0.2, 0) is 9.22 Å². The number of carbonyl (C=O) groups is 1. The van der Waals surface area contributed by atoms with Crippen molar-refractivity contribution in [2.75, 3.05) is 0 Å². The number of ketones is 1. The molecule has 113 valence electrons. The zero-order valence-corrected chi connectivity index (χ0v) is 15.3. The van der Waals surface area contributed by atoms with E-state index in [1.54, 1.807) is 0 Å². The molecule has 0 rings (SSSR count). The smallest absolute Gasteiger partial charge is 0.217 e. The van der Waals surface area contributed by atoms with Gasteiger partial charge < -0.3 is 4.43 Å². The molecule has 0 saturated carbocycles. The lowest BCUT2D eigenvalue weighted by Crippen LogP contribution is -2.41. The molecule has 0 amide bonds. The van der Waals surface area contributed by atoms with E-state index in [-0.39, 0.29) is 17.9 Å². The molecule has 0 aliphatic carbocycles. The summed E-state index contributed by atoms with van der Waals surface area (Å²) in [5.41, 5.74) is 1.15. The first kappa shape index (κ1) is 18.8. The molecule has 19 heavy (non-hydrogen) atoms. The van der Waals surface area contributed by atoms with E-state index in [4.69, 9.17) is 4.43 Å². The Morgan fingerprint density at radius 1 is 0.842 bits per heavy atom. The van der Waals surface area contributed by atoms with E-state index in [1.807, 2.05) is 20.8 Å². The van der Waals surface area contributed by atoms with Gasteiger partial charge in [0, 0.05) is 11.8 Å². The molecule has 2 atom stereocenters. The minimum atomic E-state index is -0.877. The van der Waals surface area contributed by atoms with Crippen molar-refractivity contribution in [2.24, 2.45) is 17.8 Å². The van der Waals surface area contributed by atoms with Crippen LogP contribution >= 0.6 is 0 Å². The molecule has 0 saturated heterocycles. The molecular weight excluding hydrogens is 252 g/mol. The highest BCUT2D eigenvalue weighted by molar-refractivity contribution is 6.55. The molecule has 0 aliphatic heterocycles. The van der Waals surface area contributed by atoms with Gasteiger partial charge in [0.05, 0.1) is 6.10 Å². The largest absolute Gasteiger partial charge is 0.412 e. The van der Waals surface area contributed by atoms with Crippen molar-refractivity contribution >= 4 is 14.8 Å². The maximum absolute atomic E-state index is 12.2. The SMILES string of the molecule is CC(C)C(=O)[C@@H](C)[C@H](O[Si](C(C)C)C(C)C)C(C)C. The van der Waals surface area contributed by atoms with Crippen molar-refractivity contribution < 1.29 is 9.22 Å². The lowest BCUT2D eigenvalue weighted by molar-refractivity contribution is -0.129. The normalized spacial score (nSPS) is 15.9. The minimum absolute atomic E-state index is 0.00231. The van der Waals surface area contributed by atoms with Crippen molar-refractivity contribution in [2.45, 2.75) is 79.5 Å². The third-order valence-electron chi connectivity index (χ3n) is 3.58. The van der Waals surface area contributed by atoms with Gasteiger partial charge in [-0.05, 0) is 17.0 Å². The summed E-state index contributed by atoms with van der Waals surface area (Å²) in [5, 5.41) is 0. The van der Waals surface area contributed by atoms with Gasteiger partial charge in [0.15, 0.2) is 0 Å². The van der Waals surface area contributed by atoms with Crippen molar-refractivity contribution in [3.63, 3.8) is 0 Å². The maximum atomic E-state index is 12.2. The molecule has 0 heterocycles. The predicted molar refractivity (Wildman–Crippen MR) is 84.7 cm³/mol. The Labute approximate surface area is 122 Å². The Kier molecular flexibility index (Phi) is 8.14. The van der Waals surface area contributed by atoms with E-state index in [0.29, 0.717) is 22.8 Å². The summed E-state index contributed by atoms with van der Waals surface area (Å²) in [7, 11) is -0.877. The molecular formula is C16H33O2Si. The Morgan fingerprint density at radius 2 is 1.26 bits per heavy atom. The summed E-state index contributed by atoms with van der Waals surface area (Å²) in [6.07, 6.45) is 0.0635. The highest BCUT2D eigenvalue weighted by atomic mass is 28.3. The molecule has 0 N–H and O–H groups in total. The Morgan fingerprint density at radius 3 is 1.53 bits per heavy atom. The summed E-state index contributed by atoms with van der Waals surface area (Å²) in [6.45, 7) is 19.3. The highest BCUT2D eigenvalue weighted by Gasteiger charge is 2.33. The summed E-state index contributed by atoms with van der Waals surface area (Å²) in [6, 6.07) is 0. The van der Waals surface area contributed by atoms with Crippen LogP contribution in [0.1, 0.15) is 62.3 Å². The molecule has 0 aromatic rings. The fourth-order valence-corrected chi connectivity index (χ4v) is 5.27. The number of hydrogen-bond donors (Lipinski definition) is 0. The second-order valence-electron chi connectivity index (χ2n) is 6.88. The molecule has 0 fully saturated rings. The third kappa shape index (κ3) is 5.78. The summed E-state index contributed by atoms with van der Waals surface area (Å²) >= 11 is 0. The van der Waals surface area contributed by atoms with Gasteiger partial charge in [-0.1, -0.05) is 62.3 Å². The predicted octanol–water partition coefficient (Wildman–Crippen LogP) is 4.70. The van der Waals surface area contributed by atoms with Gasteiger partial charge in [0.1, 0.15) is 5.78 Å². The van der Waals surface area contributed by atoms with E-state index in [1.165, 1.54) is 0 Å². The van der Waals surface area contributed by atoms with Crippen LogP contribution in [0.3, 0.4) is 0 Å². The van der Waals surface area contributed by atoms with Crippen LogP contribution in [0.15, 0.2) is 0 Å². The number of carbonyl (C=O) groups excluding carboxylic acids is 1. The molecule has 0 aromatic heterocycles. The second kappa shape index (κ2) is 8.20. The Bertz CT molecular complexity index is 264. The van der Waals surface area contributed by atoms with Crippen molar-refractivity contribution in [3.05, 3.63) is 0 Å². The van der Waals surface area contributed by atoms with Gasteiger partial charge >= 0.3 is 0 Å². The fourth-order valence-electron chi connectivity index (χ4n) is 2.60. The number of hydrogen-bond acceptors (Lipinski definition) is 2. The zero-order valence-electron chi connectivity index (χ0n) is 14.3. The molecule has 0 spiro atoms. The summed E-state index contributed by atoms with van der Waals surface area (Å²) in [5.74, 6) is 0.800. The van der Waals surface area contributed by atoms with E-state index in [2.05, 4.69) is 41.5 Å². The average molecular weight is 286 g/mol. The van der Waals surface area contributed by atoms with Gasteiger partial charge in [-0.15, -0.1) is 0 Å². The Balaban J connectivity index is 4.97. The number of Topliss-reactive ketones (excluding diaryl/α,β-unsaturated/α-hetero) is 1. The van der Waals surface area contributed by atoms with Gasteiger partial charge in [0.25, 0.3) is 0 Å². The molecule has 0 unspecified atom stereocenters. The van der Waals surface area contributed by atoms with Crippen LogP contribution in [0.2, 0.25) is 11.1 Å². The van der Waals surface area contributed by atoms with Crippen molar-refractivity contribution in [1.82, 2.24) is 0 Å². The van der Waals surface area contributed by atoms with Gasteiger partial charge in [-0.3, -0.25) is 4.79 Å². The molecule has 3 heteroatoms. The van der Waals surface area contributed by atoms with Gasteiger partial charge in [-0.2, -0.15) is 0 Å². The molecule has 0 aliphatic rings. The van der Waals surface area contributed by atoms with Crippen LogP contribution < -0.4 is 0 Å². The number of rotatable bonds is 8. The standard InChI is InChI=1S/C16H33O2Si/c1-10(2)15(17)14(9)16(11(3)4)18-19(12(5)6)13(7)8/h10-14,16H,1-9H3/t14-,16-/m1/s1. The van der Waals surface area contributed by atoms with Crippen LogP contribution in [0.25, 0.3) is 0 Å². The van der Waals surface area contributed by atoms with E-state index >= 15 is 0 Å². The average Bonchev–Trinajstić information content (AvgIpc) is 2.26. The quantitative estimate of drug-likeness (QED) is 0.604. The maximum Gasteiger partial charge on any atom is 0.217 e. The first-order valence-corrected chi connectivity index (χ1v) is 9.22. The van der Waals surface area contributed by atoms with E-state index < -0.39 is 9.04 Å². The molecule has 0 bridgehead atoms. The first-order valence-electron chi connectivity index (χ1n) is 7.66. The summed E-state index contributed by atoms with van der Waals surface area (Å²) in [4.78, 5) is 12.2. The van der Waals surface area contributed by atoms with E-state index in [9.17, 15) is 4.79 Å². The topological polar surface area (TPSA) is 26.3 Å². The molecule has 0 aromatic carbocycles. The fraction of sp³-hybridized carbons (Fsp3) is 0.938. The monoisotopic (exact) mass is 285 g/mol. The highest BCUT2D eigenvalue weighted by Crippen LogP contribution is 2.28. The van der Waals surface area contributed by atoms with Crippen LogP contribution in [0, 0.1) is 17.8 Å². The zero-order chi connectivity index (χ0) is 15.3. The van der Waals surface area contributed by atoms with Gasteiger partial charge in [-0.25, -0.2) is 0 Å².